The first-order valence-electron chi connectivity index (χ1n) is 12.7. The maximum atomic E-state index is 13.9. The van der Waals surface area contributed by atoms with Crippen molar-refractivity contribution in [3.8, 4) is 23.0 Å². The number of ether oxygens (including phenoxy) is 5. The van der Waals surface area contributed by atoms with Crippen LogP contribution in [0.5, 0.6) is 23.0 Å². The van der Waals surface area contributed by atoms with Gasteiger partial charge in [0.05, 0.1) is 31.2 Å². The Labute approximate surface area is 220 Å². The molecule has 1 amide bonds. The normalized spacial score (nSPS) is 22.6. The van der Waals surface area contributed by atoms with Gasteiger partial charge in [0.15, 0.2) is 11.5 Å². The average molecular weight is 516 g/mol. The molecule has 0 radical (unpaired) electrons. The lowest BCUT2D eigenvalue weighted by molar-refractivity contribution is -0.127. The largest absolute Gasteiger partial charge is 0.497 e. The summed E-state index contributed by atoms with van der Waals surface area (Å²) < 4.78 is 27.9. The minimum absolute atomic E-state index is 0.0384. The predicted octanol–water partition coefficient (Wildman–Crippen LogP) is 4.80. The maximum absolute atomic E-state index is 13.9. The Bertz CT molecular complexity index is 1420. The van der Waals surface area contributed by atoms with Gasteiger partial charge in [-0.1, -0.05) is 18.2 Å². The summed E-state index contributed by atoms with van der Waals surface area (Å²) in [5.74, 6) is 2.39. The van der Waals surface area contributed by atoms with Crippen LogP contribution in [0, 0.1) is 0 Å². The minimum Gasteiger partial charge on any atom is -0.497 e. The van der Waals surface area contributed by atoms with Gasteiger partial charge in [0.1, 0.15) is 17.6 Å². The molecule has 38 heavy (non-hydrogen) atoms. The third-order valence-corrected chi connectivity index (χ3v) is 7.94. The molecule has 3 aliphatic rings. The molecular weight excluding hydrogens is 486 g/mol. The Balaban J connectivity index is 1.30. The van der Waals surface area contributed by atoms with Crippen LogP contribution in [0.1, 0.15) is 64.5 Å². The van der Waals surface area contributed by atoms with Gasteiger partial charge in [-0.3, -0.25) is 4.79 Å². The standard InChI is InChI=1S/C30H29NO7/c1-30(13-12-20-22(30)10-11-24-27(20)37-16-36-24)29(33)31-23-15-25(17-4-6-18(7-5-17)28(32)35-3)38-26-14-19(34-2)8-9-21(23)26/h4-11,14,23,25H,12-13,15-16H2,1-3H3,(H,31,33)/t23-,25-,30+/m1/s1. The van der Waals surface area contributed by atoms with Crippen LogP contribution in [-0.4, -0.2) is 32.9 Å². The summed E-state index contributed by atoms with van der Waals surface area (Å²) >= 11 is 0. The Morgan fingerprint density at radius 1 is 1.00 bits per heavy atom. The van der Waals surface area contributed by atoms with Crippen LogP contribution in [0.4, 0.5) is 0 Å². The van der Waals surface area contributed by atoms with Crippen LogP contribution in [0.25, 0.3) is 0 Å². The van der Waals surface area contributed by atoms with E-state index >= 15 is 0 Å². The summed E-state index contributed by atoms with van der Waals surface area (Å²) in [6.07, 6.45) is 1.64. The molecule has 0 unspecified atom stereocenters. The highest BCUT2D eigenvalue weighted by Gasteiger charge is 2.45. The van der Waals surface area contributed by atoms with E-state index in [1.54, 1.807) is 19.2 Å². The van der Waals surface area contributed by atoms with Crippen molar-refractivity contribution in [3.63, 3.8) is 0 Å². The van der Waals surface area contributed by atoms with E-state index in [4.69, 9.17) is 23.7 Å². The molecule has 0 spiro atoms. The molecule has 1 aliphatic carbocycles. The highest BCUT2D eigenvalue weighted by Crippen LogP contribution is 2.49. The molecule has 6 rings (SSSR count). The first kappa shape index (κ1) is 24.2. The summed E-state index contributed by atoms with van der Waals surface area (Å²) in [4.78, 5) is 25.8. The molecule has 0 aromatic heterocycles. The van der Waals surface area contributed by atoms with E-state index in [9.17, 15) is 9.59 Å². The summed E-state index contributed by atoms with van der Waals surface area (Å²) in [6, 6.07) is 16.4. The third kappa shape index (κ3) is 3.91. The molecule has 0 saturated heterocycles. The van der Waals surface area contributed by atoms with Gasteiger partial charge < -0.3 is 29.0 Å². The zero-order valence-electron chi connectivity index (χ0n) is 21.5. The van der Waals surface area contributed by atoms with Crippen molar-refractivity contribution in [3.05, 3.63) is 82.4 Å². The Hall–Kier alpha value is -4.20. The lowest BCUT2D eigenvalue weighted by atomic mass is 9.82. The Morgan fingerprint density at radius 3 is 2.58 bits per heavy atom. The quantitative estimate of drug-likeness (QED) is 0.488. The van der Waals surface area contributed by atoms with Gasteiger partial charge in [-0.05, 0) is 61.2 Å². The topological polar surface area (TPSA) is 92.3 Å². The number of esters is 1. The van der Waals surface area contributed by atoms with E-state index in [1.165, 1.54) is 7.11 Å². The summed E-state index contributed by atoms with van der Waals surface area (Å²) in [7, 11) is 2.96. The third-order valence-electron chi connectivity index (χ3n) is 7.94. The fourth-order valence-electron chi connectivity index (χ4n) is 5.72. The van der Waals surface area contributed by atoms with Gasteiger partial charge in [0, 0.05) is 23.6 Å². The molecule has 3 atom stereocenters. The summed E-state index contributed by atoms with van der Waals surface area (Å²) in [5, 5.41) is 3.34. The van der Waals surface area contributed by atoms with Gasteiger partial charge in [0.25, 0.3) is 0 Å². The Morgan fingerprint density at radius 2 is 1.82 bits per heavy atom. The monoisotopic (exact) mass is 515 g/mol. The maximum Gasteiger partial charge on any atom is 0.337 e. The number of benzene rings is 3. The van der Waals surface area contributed by atoms with Crippen molar-refractivity contribution in [1.29, 1.82) is 0 Å². The molecule has 0 bridgehead atoms. The number of nitrogens with one attached hydrogen (secondary N) is 1. The van der Waals surface area contributed by atoms with Gasteiger partial charge in [-0.2, -0.15) is 0 Å². The molecule has 2 aliphatic heterocycles. The predicted molar refractivity (Wildman–Crippen MR) is 138 cm³/mol. The van der Waals surface area contributed by atoms with Crippen molar-refractivity contribution in [1.82, 2.24) is 5.32 Å². The molecule has 196 valence electrons. The van der Waals surface area contributed by atoms with Crippen molar-refractivity contribution >= 4 is 11.9 Å². The van der Waals surface area contributed by atoms with Crippen LogP contribution in [-0.2, 0) is 21.4 Å². The average Bonchev–Trinajstić information content (AvgIpc) is 3.57. The second kappa shape index (κ2) is 9.28. The van der Waals surface area contributed by atoms with E-state index in [0.29, 0.717) is 29.9 Å². The lowest BCUT2D eigenvalue weighted by Gasteiger charge is -2.35. The van der Waals surface area contributed by atoms with E-state index in [2.05, 4.69) is 5.32 Å². The van der Waals surface area contributed by atoms with E-state index in [1.807, 2.05) is 49.4 Å². The van der Waals surface area contributed by atoms with Crippen LogP contribution >= 0.6 is 0 Å². The lowest BCUT2D eigenvalue weighted by Crippen LogP contribution is -2.44. The second-order valence-electron chi connectivity index (χ2n) is 10.0. The first-order valence-corrected chi connectivity index (χ1v) is 12.7. The van der Waals surface area contributed by atoms with Crippen LogP contribution in [0.15, 0.2) is 54.6 Å². The van der Waals surface area contributed by atoms with Gasteiger partial charge in [-0.25, -0.2) is 4.79 Å². The number of fused-ring (bicyclic) bond motifs is 4. The fraction of sp³-hybridized carbons (Fsp3) is 0.333. The van der Waals surface area contributed by atoms with Crippen molar-refractivity contribution in [2.45, 2.75) is 43.7 Å². The first-order chi connectivity index (χ1) is 18.4. The molecule has 8 heteroatoms. The molecule has 3 aromatic carbocycles. The molecule has 0 fully saturated rings. The fourth-order valence-corrected chi connectivity index (χ4v) is 5.72. The van der Waals surface area contributed by atoms with Crippen LogP contribution in [0.2, 0.25) is 0 Å². The molecule has 2 heterocycles. The van der Waals surface area contributed by atoms with Crippen molar-refractivity contribution < 1.29 is 33.3 Å². The zero-order valence-corrected chi connectivity index (χ0v) is 21.5. The van der Waals surface area contributed by atoms with E-state index in [0.717, 1.165) is 40.2 Å². The summed E-state index contributed by atoms with van der Waals surface area (Å²) in [5.41, 5.74) is 3.60. The number of hydrogen-bond acceptors (Lipinski definition) is 7. The highest BCUT2D eigenvalue weighted by molar-refractivity contribution is 5.90. The van der Waals surface area contributed by atoms with Crippen LogP contribution in [0.3, 0.4) is 0 Å². The highest BCUT2D eigenvalue weighted by atomic mass is 16.7. The number of carbonyl (C=O) groups is 2. The molecule has 3 aromatic rings. The van der Waals surface area contributed by atoms with Gasteiger partial charge in [0.2, 0.25) is 12.7 Å². The van der Waals surface area contributed by atoms with Crippen molar-refractivity contribution in [2.24, 2.45) is 0 Å². The SMILES string of the molecule is COC(=O)c1ccc([C@H]2C[C@@H](NC(=O)[C@@]3(C)CCc4c3ccc3c4OCO3)c3ccc(OC)cc3O2)cc1. The number of amides is 1. The summed E-state index contributed by atoms with van der Waals surface area (Å²) in [6.45, 7) is 2.20. The molecule has 1 N–H and O–H groups in total. The number of carbonyl (C=O) groups excluding carboxylic acids is 2. The second-order valence-corrected chi connectivity index (χ2v) is 10.0. The van der Waals surface area contributed by atoms with Gasteiger partial charge in [-0.15, -0.1) is 0 Å². The minimum atomic E-state index is -0.696. The van der Waals surface area contributed by atoms with Crippen molar-refractivity contribution in [2.75, 3.05) is 21.0 Å². The number of methoxy groups -OCH3 is 2. The van der Waals surface area contributed by atoms with Crippen LogP contribution < -0.4 is 24.3 Å². The Kier molecular flexibility index (Phi) is 5.90. The number of rotatable bonds is 5. The van der Waals surface area contributed by atoms with Gasteiger partial charge >= 0.3 is 5.97 Å². The molecular formula is C30H29NO7. The number of hydrogen-bond donors (Lipinski definition) is 1. The smallest absolute Gasteiger partial charge is 0.337 e. The van der Waals surface area contributed by atoms with E-state index < -0.39 is 11.4 Å². The zero-order chi connectivity index (χ0) is 26.4. The molecule has 0 saturated carbocycles. The molecule has 8 nitrogen and oxygen atoms in total. The van der Waals surface area contributed by atoms with E-state index in [-0.39, 0.29) is 24.8 Å².